The molecule has 0 aliphatic heterocycles. The molecule has 0 atom stereocenters. The third-order valence-corrected chi connectivity index (χ3v) is 2.86. The molecular formula is C15H16N2O3. The van der Waals surface area contributed by atoms with E-state index in [1.54, 1.807) is 49.6 Å². The number of carbonyl (C=O) groups is 1. The summed E-state index contributed by atoms with van der Waals surface area (Å²) in [7, 11) is 3.05. The van der Waals surface area contributed by atoms with Crippen LogP contribution in [0, 0.1) is 0 Å². The Hall–Kier alpha value is -2.69. The molecule has 0 heterocycles. The van der Waals surface area contributed by atoms with Crippen LogP contribution in [0.5, 0.6) is 11.5 Å². The monoisotopic (exact) mass is 272 g/mol. The van der Waals surface area contributed by atoms with Gasteiger partial charge in [0.05, 0.1) is 31.2 Å². The Balaban J connectivity index is 2.31. The zero-order chi connectivity index (χ0) is 14.5. The van der Waals surface area contributed by atoms with Crippen molar-refractivity contribution in [2.75, 3.05) is 25.3 Å². The second-order valence-electron chi connectivity index (χ2n) is 4.11. The van der Waals surface area contributed by atoms with Crippen LogP contribution in [0.4, 0.5) is 11.4 Å². The van der Waals surface area contributed by atoms with E-state index in [4.69, 9.17) is 15.2 Å². The molecule has 0 aliphatic rings. The quantitative estimate of drug-likeness (QED) is 0.839. The fourth-order valence-electron chi connectivity index (χ4n) is 1.79. The van der Waals surface area contributed by atoms with Gasteiger partial charge in [0.2, 0.25) is 0 Å². The maximum absolute atomic E-state index is 12.3. The molecule has 3 N–H and O–H groups in total. The van der Waals surface area contributed by atoms with E-state index in [-0.39, 0.29) is 5.91 Å². The number of ether oxygens (including phenoxy) is 2. The summed E-state index contributed by atoms with van der Waals surface area (Å²) < 4.78 is 10.3. The van der Waals surface area contributed by atoms with Crippen molar-refractivity contribution >= 4 is 17.3 Å². The van der Waals surface area contributed by atoms with Crippen molar-refractivity contribution in [2.45, 2.75) is 0 Å². The molecule has 2 rings (SSSR count). The van der Waals surface area contributed by atoms with Crippen LogP contribution < -0.4 is 20.5 Å². The number of anilines is 2. The normalized spacial score (nSPS) is 9.90. The van der Waals surface area contributed by atoms with Gasteiger partial charge in [-0.05, 0) is 30.3 Å². The van der Waals surface area contributed by atoms with Crippen LogP contribution >= 0.6 is 0 Å². The Kier molecular flexibility index (Phi) is 4.10. The number of para-hydroxylation sites is 2. The third-order valence-electron chi connectivity index (χ3n) is 2.86. The fourth-order valence-corrected chi connectivity index (χ4v) is 1.79. The first-order chi connectivity index (χ1) is 9.65. The van der Waals surface area contributed by atoms with Crippen molar-refractivity contribution in [3.05, 3.63) is 48.0 Å². The lowest BCUT2D eigenvalue weighted by Crippen LogP contribution is -2.14. The van der Waals surface area contributed by atoms with Gasteiger partial charge in [-0.2, -0.15) is 0 Å². The second-order valence-corrected chi connectivity index (χ2v) is 4.11. The SMILES string of the molecule is COc1ccc(OC)c(C(=O)Nc2ccccc2N)c1. The molecular weight excluding hydrogens is 256 g/mol. The minimum atomic E-state index is -0.307. The number of nitrogens with two attached hydrogens (primary N) is 1. The average molecular weight is 272 g/mol. The van der Waals surface area contributed by atoms with E-state index >= 15 is 0 Å². The lowest BCUT2D eigenvalue weighted by molar-refractivity contribution is 0.102. The van der Waals surface area contributed by atoms with Gasteiger partial charge >= 0.3 is 0 Å². The first-order valence-corrected chi connectivity index (χ1v) is 6.03. The summed E-state index contributed by atoms with van der Waals surface area (Å²) in [5.74, 6) is 0.744. The molecule has 0 fully saturated rings. The smallest absolute Gasteiger partial charge is 0.259 e. The summed E-state index contributed by atoms with van der Waals surface area (Å²) in [6.45, 7) is 0. The number of rotatable bonds is 4. The second kappa shape index (κ2) is 5.97. The van der Waals surface area contributed by atoms with Crippen LogP contribution in [0.25, 0.3) is 0 Å². The van der Waals surface area contributed by atoms with Crippen molar-refractivity contribution < 1.29 is 14.3 Å². The Labute approximate surface area is 117 Å². The highest BCUT2D eigenvalue weighted by molar-refractivity contribution is 6.07. The minimum absolute atomic E-state index is 0.307. The van der Waals surface area contributed by atoms with Gasteiger partial charge in [-0.1, -0.05) is 12.1 Å². The average Bonchev–Trinajstić information content (AvgIpc) is 2.48. The molecule has 0 saturated carbocycles. The highest BCUT2D eigenvalue weighted by atomic mass is 16.5. The van der Waals surface area contributed by atoms with Crippen molar-refractivity contribution in [1.29, 1.82) is 0 Å². The van der Waals surface area contributed by atoms with E-state index in [1.807, 2.05) is 0 Å². The molecule has 1 amide bonds. The molecule has 0 aliphatic carbocycles. The van der Waals surface area contributed by atoms with Gasteiger partial charge in [-0.25, -0.2) is 0 Å². The number of carbonyl (C=O) groups excluding carboxylic acids is 1. The summed E-state index contributed by atoms with van der Waals surface area (Å²) in [5, 5.41) is 2.75. The highest BCUT2D eigenvalue weighted by Gasteiger charge is 2.14. The lowest BCUT2D eigenvalue weighted by atomic mass is 10.1. The first kappa shape index (κ1) is 13.7. The minimum Gasteiger partial charge on any atom is -0.497 e. The van der Waals surface area contributed by atoms with Crippen LogP contribution in [-0.2, 0) is 0 Å². The maximum atomic E-state index is 12.3. The molecule has 20 heavy (non-hydrogen) atoms. The number of nitrogen functional groups attached to an aromatic ring is 1. The van der Waals surface area contributed by atoms with Crippen LogP contribution in [0.15, 0.2) is 42.5 Å². The summed E-state index contributed by atoms with van der Waals surface area (Å²) >= 11 is 0. The third kappa shape index (κ3) is 2.83. The Bertz CT molecular complexity index is 626. The number of methoxy groups -OCH3 is 2. The van der Waals surface area contributed by atoms with Crippen molar-refractivity contribution in [3.8, 4) is 11.5 Å². The predicted molar refractivity (Wildman–Crippen MR) is 78.4 cm³/mol. The predicted octanol–water partition coefficient (Wildman–Crippen LogP) is 2.54. The van der Waals surface area contributed by atoms with E-state index in [0.29, 0.717) is 28.4 Å². The zero-order valence-electron chi connectivity index (χ0n) is 11.3. The highest BCUT2D eigenvalue weighted by Crippen LogP contribution is 2.26. The van der Waals surface area contributed by atoms with Crippen molar-refractivity contribution in [2.24, 2.45) is 0 Å². The van der Waals surface area contributed by atoms with Crippen LogP contribution in [0.1, 0.15) is 10.4 Å². The molecule has 0 spiro atoms. The molecule has 104 valence electrons. The molecule has 0 bridgehead atoms. The topological polar surface area (TPSA) is 73.6 Å². The standard InChI is InChI=1S/C15H16N2O3/c1-19-10-7-8-14(20-2)11(9-10)15(18)17-13-6-4-3-5-12(13)16/h3-9H,16H2,1-2H3,(H,17,18). The lowest BCUT2D eigenvalue weighted by Gasteiger charge is -2.12. The Morgan fingerprint density at radius 2 is 1.85 bits per heavy atom. The maximum Gasteiger partial charge on any atom is 0.259 e. The number of hydrogen-bond acceptors (Lipinski definition) is 4. The van der Waals surface area contributed by atoms with E-state index in [0.717, 1.165) is 0 Å². The van der Waals surface area contributed by atoms with Crippen LogP contribution in [0.2, 0.25) is 0 Å². The molecule has 2 aromatic rings. The molecule has 5 heteroatoms. The van der Waals surface area contributed by atoms with Gasteiger partial charge in [-0.15, -0.1) is 0 Å². The molecule has 0 saturated heterocycles. The van der Waals surface area contributed by atoms with Gasteiger partial charge in [-0.3, -0.25) is 4.79 Å². The molecule has 0 unspecified atom stereocenters. The van der Waals surface area contributed by atoms with Gasteiger partial charge in [0, 0.05) is 0 Å². The molecule has 0 aromatic heterocycles. The van der Waals surface area contributed by atoms with E-state index in [2.05, 4.69) is 5.32 Å². The summed E-state index contributed by atoms with van der Waals surface area (Å²) in [6.07, 6.45) is 0. The van der Waals surface area contributed by atoms with Crippen LogP contribution in [0.3, 0.4) is 0 Å². The summed E-state index contributed by atoms with van der Waals surface area (Å²) in [5.41, 5.74) is 7.25. The van der Waals surface area contributed by atoms with Crippen molar-refractivity contribution in [3.63, 3.8) is 0 Å². The van der Waals surface area contributed by atoms with Gasteiger partial charge in [0.15, 0.2) is 0 Å². The number of benzene rings is 2. The van der Waals surface area contributed by atoms with Crippen molar-refractivity contribution in [1.82, 2.24) is 0 Å². The molecule has 5 nitrogen and oxygen atoms in total. The summed E-state index contributed by atoms with van der Waals surface area (Å²) in [4.78, 5) is 12.3. The first-order valence-electron chi connectivity index (χ1n) is 6.03. The largest absolute Gasteiger partial charge is 0.497 e. The Morgan fingerprint density at radius 3 is 2.50 bits per heavy atom. The molecule has 2 aromatic carbocycles. The van der Waals surface area contributed by atoms with Gasteiger partial charge in [0.25, 0.3) is 5.91 Å². The van der Waals surface area contributed by atoms with Gasteiger partial charge < -0.3 is 20.5 Å². The van der Waals surface area contributed by atoms with E-state index in [9.17, 15) is 4.79 Å². The Morgan fingerprint density at radius 1 is 1.10 bits per heavy atom. The number of amides is 1. The van der Waals surface area contributed by atoms with E-state index < -0.39 is 0 Å². The summed E-state index contributed by atoms with van der Waals surface area (Å²) in [6, 6.07) is 12.1. The van der Waals surface area contributed by atoms with Gasteiger partial charge in [0.1, 0.15) is 11.5 Å². The fraction of sp³-hybridized carbons (Fsp3) is 0.133. The van der Waals surface area contributed by atoms with E-state index in [1.165, 1.54) is 7.11 Å². The number of hydrogen-bond donors (Lipinski definition) is 2. The molecule has 0 radical (unpaired) electrons. The number of nitrogens with one attached hydrogen (secondary N) is 1. The zero-order valence-corrected chi connectivity index (χ0v) is 11.3. The van der Waals surface area contributed by atoms with Crippen LogP contribution in [-0.4, -0.2) is 20.1 Å².